The molecular weight excluding hydrogens is 393 g/mol. The van der Waals surface area contributed by atoms with Crippen LogP contribution in [0, 0.1) is 0 Å². The van der Waals surface area contributed by atoms with E-state index in [1.54, 1.807) is 30.4 Å². The smallest absolute Gasteiger partial charge is 0.264 e. The number of carbonyl (C=O) groups is 4. The van der Waals surface area contributed by atoms with E-state index in [-0.39, 0.29) is 24.0 Å². The summed E-state index contributed by atoms with van der Waals surface area (Å²) in [6.07, 6.45) is 8.45. The Bertz CT molecular complexity index is 1040. The van der Waals surface area contributed by atoms with Crippen molar-refractivity contribution in [2.24, 2.45) is 0 Å². The van der Waals surface area contributed by atoms with E-state index in [9.17, 15) is 19.2 Å². The number of anilines is 1. The third-order valence-corrected chi connectivity index (χ3v) is 5.40. The molecule has 4 amide bonds. The van der Waals surface area contributed by atoms with Crippen molar-refractivity contribution in [2.75, 3.05) is 11.9 Å². The van der Waals surface area contributed by atoms with Crippen LogP contribution >= 0.6 is 0 Å². The van der Waals surface area contributed by atoms with Gasteiger partial charge in [-0.1, -0.05) is 55.4 Å². The topological polar surface area (TPSA) is 95.6 Å². The Labute approximate surface area is 182 Å². The summed E-state index contributed by atoms with van der Waals surface area (Å²) in [7, 11) is 2.04. The number of benzene rings is 1. The fourth-order valence-corrected chi connectivity index (χ4v) is 3.60. The molecule has 0 radical (unpaired) electrons. The van der Waals surface area contributed by atoms with Crippen LogP contribution in [0.4, 0.5) is 5.69 Å². The van der Waals surface area contributed by atoms with Crippen molar-refractivity contribution in [3.8, 4) is 0 Å². The van der Waals surface area contributed by atoms with Crippen molar-refractivity contribution in [2.45, 2.75) is 25.2 Å². The maximum absolute atomic E-state index is 13.1. The molecule has 2 aliphatic rings. The lowest BCUT2D eigenvalue weighted by atomic mass is 9.96. The number of piperidine rings is 1. The van der Waals surface area contributed by atoms with Gasteiger partial charge in [0.2, 0.25) is 11.8 Å². The van der Waals surface area contributed by atoms with E-state index in [4.69, 9.17) is 0 Å². The lowest BCUT2D eigenvalue weighted by Crippen LogP contribution is -2.54. The van der Waals surface area contributed by atoms with Gasteiger partial charge in [0.05, 0.1) is 11.1 Å². The van der Waals surface area contributed by atoms with Crippen molar-refractivity contribution in [3.63, 3.8) is 0 Å². The zero-order chi connectivity index (χ0) is 22.5. The molecule has 1 aromatic rings. The van der Waals surface area contributed by atoms with Crippen LogP contribution in [-0.4, -0.2) is 49.0 Å². The van der Waals surface area contributed by atoms with Crippen molar-refractivity contribution in [1.29, 1.82) is 0 Å². The summed E-state index contributed by atoms with van der Waals surface area (Å²) in [6, 6.07) is 3.98. The average molecular weight is 417 g/mol. The summed E-state index contributed by atoms with van der Waals surface area (Å²) >= 11 is 0. The lowest BCUT2D eigenvalue weighted by Gasteiger charge is -2.27. The van der Waals surface area contributed by atoms with Gasteiger partial charge in [-0.3, -0.25) is 29.4 Å². The Morgan fingerprint density at radius 3 is 2.48 bits per heavy atom. The minimum Gasteiger partial charge on any atom is -0.380 e. The highest BCUT2D eigenvalue weighted by atomic mass is 16.2. The number of carbonyl (C=O) groups excluding carboxylic acids is 4. The van der Waals surface area contributed by atoms with E-state index >= 15 is 0 Å². The molecule has 2 heterocycles. The van der Waals surface area contributed by atoms with Crippen molar-refractivity contribution in [3.05, 3.63) is 77.9 Å². The van der Waals surface area contributed by atoms with Gasteiger partial charge in [-0.15, -0.1) is 0 Å². The van der Waals surface area contributed by atoms with Crippen LogP contribution in [0.1, 0.15) is 33.6 Å². The Morgan fingerprint density at radius 1 is 1.13 bits per heavy atom. The number of rotatable bonds is 8. The van der Waals surface area contributed by atoms with E-state index in [0.29, 0.717) is 12.2 Å². The maximum atomic E-state index is 13.1. The van der Waals surface area contributed by atoms with Gasteiger partial charge in [-0.2, -0.15) is 0 Å². The first kappa shape index (κ1) is 22.0. The van der Waals surface area contributed by atoms with Crippen LogP contribution in [0.2, 0.25) is 6.32 Å². The molecule has 1 unspecified atom stereocenters. The largest absolute Gasteiger partial charge is 0.380 e. The van der Waals surface area contributed by atoms with Crippen LogP contribution < -0.4 is 10.6 Å². The van der Waals surface area contributed by atoms with Gasteiger partial charge in [-0.05, 0) is 24.1 Å². The Hall–Kier alpha value is -3.68. The van der Waals surface area contributed by atoms with Crippen molar-refractivity contribution in [1.82, 2.24) is 10.2 Å². The van der Waals surface area contributed by atoms with E-state index in [2.05, 4.69) is 23.8 Å². The highest BCUT2D eigenvalue weighted by molar-refractivity contribution is 6.25. The second-order valence-electron chi connectivity index (χ2n) is 7.27. The molecule has 0 saturated carbocycles. The van der Waals surface area contributed by atoms with Crippen molar-refractivity contribution >= 4 is 37.2 Å². The predicted molar refractivity (Wildman–Crippen MR) is 122 cm³/mol. The molecule has 158 valence electrons. The van der Waals surface area contributed by atoms with Crippen LogP contribution in [0.5, 0.6) is 0 Å². The fraction of sp³-hybridized carbons (Fsp3) is 0.217. The van der Waals surface area contributed by atoms with Gasteiger partial charge in [0.25, 0.3) is 11.8 Å². The summed E-state index contributed by atoms with van der Waals surface area (Å²) in [5, 5.41) is 5.40. The van der Waals surface area contributed by atoms with Gasteiger partial charge >= 0.3 is 0 Å². The van der Waals surface area contributed by atoms with Gasteiger partial charge in [-0.25, -0.2) is 0 Å². The Balaban J connectivity index is 1.83. The van der Waals surface area contributed by atoms with E-state index < -0.39 is 29.7 Å². The number of nitrogens with zero attached hydrogens (tertiary/aromatic N) is 1. The molecule has 0 aliphatic carbocycles. The van der Waals surface area contributed by atoms with E-state index in [1.165, 1.54) is 0 Å². The standard InChI is InChI=1S/C23H24BN3O4/c1-3-14(12-24)8-9-15(4-2)13-25-17-7-5-6-16-20(17)23(31)27(22(16)30)18-10-11-19(28)26-21(18)29/h3-9,18,25H,1-2,10-13,24H2,(H,26,28,29)/b14-8+,15-9+. The van der Waals surface area contributed by atoms with Crippen LogP contribution in [-0.2, 0) is 9.59 Å². The van der Waals surface area contributed by atoms with Crippen LogP contribution in [0.15, 0.2) is 66.8 Å². The lowest BCUT2D eigenvalue weighted by molar-refractivity contribution is -0.136. The molecule has 0 bridgehead atoms. The highest BCUT2D eigenvalue weighted by Gasteiger charge is 2.45. The minimum absolute atomic E-state index is 0.0837. The third-order valence-electron chi connectivity index (χ3n) is 5.40. The first-order chi connectivity index (χ1) is 14.9. The van der Waals surface area contributed by atoms with Crippen LogP contribution in [0.3, 0.4) is 0 Å². The van der Waals surface area contributed by atoms with Crippen molar-refractivity contribution < 1.29 is 19.2 Å². The molecular formula is C23H24BN3O4. The molecule has 1 saturated heterocycles. The molecule has 1 aromatic carbocycles. The molecule has 8 heteroatoms. The SMILES string of the molecule is BC/C(C=C)=C/C=C(\C=C)CNc1cccc2c1C(=O)N(C1CCC(=O)NC1=O)C2=O. The summed E-state index contributed by atoms with van der Waals surface area (Å²) < 4.78 is 0. The molecule has 3 rings (SSSR count). The molecule has 7 nitrogen and oxygen atoms in total. The van der Waals surface area contributed by atoms with E-state index in [0.717, 1.165) is 22.4 Å². The minimum atomic E-state index is -0.988. The maximum Gasteiger partial charge on any atom is 0.264 e. The van der Waals surface area contributed by atoms with Gasteiger partial charge < -0.3 is 5.32 Å². The number of hydrogen-bond acceptors (Lipinski definition) is 5. The number of allylic oxidation sites excluding steroid dienone is 4. The molecule has 2 aliphatic heterocycles. The Kier molecular flexibility index (Phi) is 6.69. The second-order valence-corrected chi connectivity index (χ2v) is 7.27. The predicted octanol–water partition coefficient (Wildman–Crippen LogP) is 1.78. The molecule has 1 fully saturated rings. The zero-order valence-corrected chi connectivity index (χ0v) is 17.4. The number of fused-ring (bicyclic) bond motifs is 1. The summed E-state index contributed by atoms with van der Waals surface area (Å²) in [4.78, 5) is 50.6. The van der Waals surface area contributed by atoms with Gasteiger partial charge in [0.15, 0.2) is 0 Å². The number of nitrogens with one attached hydrogen (secondary N) is 2. The van der Waals surface area contributed by atoms with Crippen LogP contribution in [0.25, 0.3) is 0 Å². The van der Waals surface area contributed by atoms with E-state index in [1.807, 2.05) is 20.0 Å². The summed E-state index contributed by atoms with van der Waals surface area (Å²) in [6.45, 7) is 8.00. The van der Waals surface area contributed by atoms with Gasteiger partial charge in [0.1, 0.15) is 13.9 Å². The monoisotopic (exact) mass is 417 g/mol. The fourth-order valence-electron chi connectivity index (χ4n) is 3.60. The average Bonchev–Trinajstić information content (AvgIpc) is 3.02. The normalized spacial score (nSPS) is 19.2. The summed E-state index contributed by atoms with van der Waals surface area (Å²) in [5.74, 6) is -2.10. The number of amides is 4. The Morgan fingerprint density at radius 2 is 1.84 bits per heavy atom. The van der Waals surface area contributed by atoms with Gasteiger partial charge in [0, 0.05) is 18.7 Å². The summed E-state index contributed by atoms with van der Waals surface area (Å²) in [5.41, 5.74) is 2.95. The molecule has 1 atom stereocenters. The number of imide groups is 2. The zero-order valence-electron chi connectivity index (χ0n) is 17.4. The second kappa shape index (κ2) is 9.42. The molecule has 0 spiro atoms. The first-order valence-corrected chi connectivity index (χ1v) is 10.1. The quantitative estimate of drug-likeness (QED) is 0.382. The number of hydrogen-bond donors (Lipinski definition) is 2. The molecule has 31 heavy (non-hydrogen) atoms. The first-order valence-electron chi connectivity index (χ1n) is 10.1. The highest BCUT2D eigenvalue weighted by Crippen LogP contribution is 2.32. The molecule has 2 N–H and O–H groups in total. The third kappa shape index (κ3) is 4.43. The molecule has 0 aromatic heterocycles.